The molecule has 0 aliphatic carbocycles. The van der Waals surface area contributed by atoms with Gasteiger partial charge in [-0.1, -0.05) is 0 Å². The van der Waals surface area contributed by atoms with Crippen molar-refractivity contribution < 1.29 is 9.90 Å². The molecular formula is C23H24BrO2P. The fourth-order valence-electron chi connectivity index (χ4n) is 3.99. The van der Waals surface area contributed by atoms with Crippen molar-refractivity contribution in [2.45, 2.75) is 25.4 Å². The Hall–Kier alpha value is -1.96. The van der Waals surface area contributed by atoms with Crippen LogP contribution in [-0.4, -0.2) is 16.7 Å². The molecule has 0 saturated carbocycles. The molecule has 0 amide bonds. The molecule has 0 aliphatic rings. The maximum absolute atomic E-state index is 12.7. The number of hydrogen-bond acceptors (Lipinski definition) is 1. The molecule has 1 unspecified atom stereocenters. The van der Waals surface area contributed by atoms with E-state index < -0.39 is 16.9 Å². The van der Waals surface area contributed by atoms with Gasteiger partial charge < -0.3 is 0 Å². The van der Waals surface area contributed by atoms with Crippen LogP contribution in [0.25, 0.3) is 0 Å². The Morgan fingerprint density at radius 3 is 1.41 bits per heavy atom. The van der Waals surface area contributed by atoms with Crippen LogP contribution < -0.4 is 15.9 Å². The first-order valence-corrected chi connectivity index (χ1v) is 13.5. The third-order valence-corrected chi connectivity index (χ3v) is 16.0. The van der Waals surface area contributed by atoms with Crippen molar-refractivity contribution in [2.75, 3.05) is 0 Å². The minimum absolute atomic E-state index is 0.562. The fraction of sp³-hybridized carbons (Fsp3) is 0.174. The first-order valence-electron chi connectivity index (χ1n) is 9.16. The van der Waals surface area contributed by atoms with Crippen LogP contribution in [0.1, 0.15) is 19.8 Å². The molecule has 3 rings (SSSR count). The van der Waals surface area contributed by atoms with E-state index in [0.29, 0.717) is 6.42 Å². The monoisotopic (exact) mass is 442 g/mol. The zero-order valence-corrected chi connectivity index (χ0v) is 17.8. The van der Waals surface area contributed by atoms with Gasteiger partial charge in [-0.15, -0.1) is 0 Å². The molecule has 27 heavy (non-hydrogen) atoms. The molecular weight excluding hydrogens is 419 g/mol. The summed E-state index contributed by atoms with van der Waals surface area (Å²) in [6, 6.07) is 30.3. The Balaban J connectivity index is 2.52. The standard InChI is InChI=1S/C23H24BrO2P/c1-2-12-22(23(25)26)27(24,19-13-6-3-7-14-19,20-15-8-4-9-16-20)21-17-10-5-11-18-21/h3-11,13-18,22H,2,12H2,1H3,(H,25,26). The first kappa shape index (κ1) is 19.8. The third-order valence-electron chi connectivity index (χ3n) is 5.22. The summed E-state index contributed by atoms with van der Waals surface area (Å²) < 4.78 is 0. The van der Waals surface area contributed by atoms with E-state index >= 15 is 0 Å². The van der Waals surface area contributed by atoms with Gasteiger partial charge in [-0.05, 0) is 0 Å². The van der Waals surface area contributed by atoms with Crippen LogP contribution in [0.5, 0.6) is 0 Å². The van der Waals surface area contributed by atoms with E-state index in [-0.39, 0.29) is 0 Å². The van der Waals surface area contributed by atoms with Crippen molar-refractivity contribution in [1.82, 2.24) is 0 Å². The van der Waals surface area contributed by atoms with Gasteiger partial charge in [0.1, 0.15) is 0 Å². The Bertz CT molecular complexity index is 798. The molecule has 3 aromatic carbocycles. The molecule has 3 aromatic rings. The Labute approximate surface area is 168 Å². The number of carboxylic acid groups (broad SMARTS) is 1. The van der Waals surface area contributed by atoms with Crippen molar-refractivity contribution in [3.8, 4) is 0 Å². The molecule has 0 saturated heterocycles. The number of hydrogen-bond donors (Lipinski definition) is 1. The fourth-order valence-corrected chi connectivity index (χ4v) is 12.7. The summed E-state index contributed by atoms with van der Waals surface area (Å²) in [6.07, 6.45) is 1.39. The van der Waals surface area contributed by atoms with Crippen LogP contribution in [0, 0.1) is 0 Å². The van der Waals surface area contributed by atoms with Crippen molar-refractivity contribution in [3.05, 3.63) is 91.0 Å². The summed E-state index contributed by atoms with van der Waals surface area (Å²) in [5.41, 5.74) is -0.562. The molecule has 0 heterocycles. The van der Waals surface area contributed by atoms with Crippen molar-refractivity contribution in [2.24, 2.45) is 0 Å². The van der Waals surface area contributed by atoms with Gasteiger partial charge in [-0.2, -0.15) is 0 Å². The summed E-state index contributed by atoms with van der Waals surface area (Å²) in [4.78, 5) is 12.7. The number of benzene rings is 3. The van der Waals surface area contributed by atoms with Gasteiger partial charge in [-0.25, -0.2) is 0 Å². The predicted molar refractivity (Wildman–Crippen MR) is 120 cm³/mol. The third kappa shape index (κ3) is 3.13. The van der Waals surface area contributed by atoms with Crippen molar-refractivity contribution >= 4 is 42.7 Å². The van der Waals surface area contributed by atoms with E-state index in [1.54, 1.807) is 0 Å². The molecule has 0 spiro atoms. The van der Waals surface area contributed by atoms with Gasteiger partial charge in [0.2, 0.25) is 0 Å². The molecule has 0 aliphatic heterocycles. The van der Waals surface area contributed by atoms with Gasteiger partial charge >= 0.3 is 169 Å². The Kier molecular flexibility index (Phi) is 5.83. The second-order valence-corrected chi connectivity index (χ2v) is 15.5. The molecule has 140 valence electrons. The number of halogens is 1. The summed E-state index contributed by atoms with van der Waals surface area (Å²) >= 11 is 4.24. The van der Waals surface area contributed by atoms with Crippen LogP contribution >= 0.6 is 20.8 Å². The molecule has 0 bridgehead atoms. The average Bonchev–Trinajstić information content (AvgIpc) is 2.73. The average molecular weight is 443 g/mol. The van der Waals surface area contributed by atoms with Gasteiger partial charge in [-0.3, -0.25) is 0 Å². The van der Waals surface area contributed by atoms with E-state index in [0.717, 1.165) is 22.3 Å². The van der Waals surface area contributed by atoms with Crippen LogP contribution in [-0.2, 0) is 4.79 Å². The zero-order chi connectivity index (χ0) is 19.4. The molecule has 1 atom stereocenters. The number of aliphatic carboxylic acids is 1. The minimum atomic E-state index is -3.44. The normalized spacial score (nSPS) is 14.1. The van der Waals surface area contributed by atoms with Crippen LogP contribution in [0.3, 0.4) is 0 Å². The summed E-state index contributed by atoms with van der Waals surface area (Å²) in [5.74, 6) is -0.761. The molecule has 2 nitrogen and oxygen atoms in total. The van der Waals surface area contributed by atoms with Crippen LogP contribution in [0.2, 0.25) is 0 Å². The maximum atomic E-state index is 12.7. The van der Waals surface area contributed by atoms with Gasteiger partial charge in [0, 0.05) is 0 Å². The van der Waals surface area contributed by atoms with E-state index in [4.69, 9.17) is 0 Å². The van der Waals surface area contributed by atoms with E-state index in [1.807, 2.05) is 61.5 Å². The van der Waals surface area contributed by atoms with Crippen molar-refractivity contribution in [1.29, 1.82) is 0 Å². The molecule has 0 aromatic heterocycles. The number of carboxylic acids is 1. The van der Waals surface area contributed by atoms with E-state index in [9.17, 15) is 9.90 Å². The van der Waals surface area contributed by atoms with Gasteiger partial charge in [0.05, 0.1) is 0 Å². The predicted octanol–water partition coefficient (Wildman–Crippen LogP) is 5.08. The quantitative estimate of drug-likeness (QED) is 0.518. The second-order valence-electron chi connectivity index (χ2n) is 6.72. The number of rotatable bonds is 7. The zero-order valence-electron chi connectivity index (χ0n) is 15.3. The van der Waals surface area contributed by atoms with Gasteiger partial charge in [0.15, 0.2) is 0 Å². The summed E-state index contributed by atoms with van der Waals surface area (Å²) in [6.45, 7) is 2.05. The summed E-state index contributed by atoms with van der Waals surface area (Å²) in [5, 5.41) is 10.1. The Morgan fingerprint density at radius 1 is 0.815 bits per heavy atom. The molecule has 4 heteroatoms. The van der Waals surface area contributed by atoms with Crippen LogP contribution in [0.15, 0.2) is 91.0 Å². The molecule has 1 N–H and O–H groups in total. The van der Waals surface area contributed by atoms with Gasteiger partial charge in [0.25, 0.3) is 0 Å². The first-order chi connectivity index (χ1) is 13.0. The summed E-state index contributed by atoms with van der Waals surface area (Å²) in [7, 11) is 0. The molecule has 0 radical (unpaired) electrons. The van der Waals surface area contributed by atoms with E-state index in [1.165, 1.54) is 0 Å². The Morgan fingerprint density at radius 2 is 1.15 bits per heavy atom. The van der Waals surface area contributed by atoms with Crippen LogP contribution in [0.4, 0.5) is 0 Å². The van der Waals surface area contributed by atoms with E-state index in [2.05, 4.69) is 51.9 Å². The second kappa shape index (κ2) is 7.96. The molecule has 0 fully saturated rings. The topological polar surface area (TPSA) is 37.3 Å². The van der Waals surface area contributed by atoms with Crippen molar-refractivity contribution in [3.63, 3.8) is 0 Å². The number of carbonyl (C=O) groups is 1. The SMILES string of the molecule is CCCC(C(=O)O)P(Br)(c1ccccc1)(c1ccccc1)c1ccccc1.